The molecule has 0 saturated carbocycles. The molecule has 0 aliphatic carbocycles. The van der Waals surface area contributed by atoms with E-state index in [1.54, 1.807) is 38.4 Å². The van der Waals surface area contributed by atoms with Gasteiger partial charge in [0.15, 0.2) is 0 Å². The van der Waals surface area contributed by atoms with E-state index < -0.39 is 11.8 Å². The fourth-order valence-corrected chi connectivity index (χ4v) is 3.15. The molecule has 1 aliphatic heterocycles. The molecule has 0 fully saturated rings. The van der Waals surface area contributed by atoms with Crippen LogP contribution >= 0.6 is 11.6 Å². The molecule has 1 heterocycles. The topological polar surface area (TPSA) is 79.0 Å². The second-order valence-electron chi connectivity index (χ2n) is 6.20. The van der Waals surface area contributed by atoms with Gasteiger partial charge in [0.1, 0.15) is 16.5 Å². The number of hydrogen-bond acceptors (Lipinski definition) is 5. The van der Waals surface area contributed by atoms with Gasteiger partial charge in [-0.15, -0.1) is 0 Å². The van der Waals surface area contributed by atoms with Gasteiger partial charge in [0.2, 0.25) is 0 Å². The predicted octanol–water partition coefficient (Wildman–Crippen LogP) is 2.83. The van der Waals surface area contributed by atoms with Crippen LogP contribution in [-0.4, -0.2) is 43.8 Å². The number of amides is 3. The molecule has 144 valence electrons. The number of para-hydroxylation sites is 2. The third-order valence-corrected chi connectivity index (χ3v) is 4.54. The van der Waals surface area contributed by atoms with E-state index in [1.165, 1.54) is 36.3 Å². The van der Waals surface area contributed by atoms with Gasteiger partial charge in [0.05, 0.1) is 18.5 Å². The van der Waals surface area contributed by atoms with Gasteiger partial charge in [-0.05, 0) is 36.4 Å². The number of anilines is 2. The lowest BCUT2D eigenvalue weighted by Crippen LogP contribution is -2.33. The van der Waals surface area contributed by atoms with Crippen molar-refractivity contribution >= 4 is 40.7 Å². The third-order valence-electron chi connectivity index (χ3n) is 4.19. The molecule has 0 atom stereocenters. The molecule has 0 bridgehead atoms. The highest BCUT2D eigenvalue weighted by atomic mass is 35.5. The maximum absolute atomic E-state index is 12.5. The first kappa shape index (κ1) is 19.4. The van der Waals surface area contributed by atoms with Crippen molar-refractivity contribution in [2.24, 2.45) is 0 Å². The fraction of sp³-hybridized carbons (Fsp3) is 0.150. The Kier molecular flexibility index (Phi) is 5.37. The molecule has 3 amide bonds. The minimum atomic E-state index is -0.596. The third kappa shape index (κ3) is 3.44. The van der Waals surface area contributed by atoms with Crippen LogP contribution in [0.15, 0.2) is 59.3 Å². The van der Waals surface area contributed by atoms with Crippen LogP contribution in [0.5, 0.6) is 5.75 Å². The Morgan fingerprint density at radius 2 is 1.68 bits per heavy atom. The predicted molar refractivity (Wildman–Crippen MR) is 106 cm³/mol. The van der Waals surface area contributed by atoms with Gasteiger partial charge in [-0.1, -0.05) is 23.7 Å². The summed E-state index contributed by atoms with van der Waals surface area (Å²) in [6, 6.07) is 13.2. The molecule has 1 aliphatic rings. The van der Waals surface area contributed by atoms with E-state index >= 15 is 0 Å². The second-order valence-corrected chi connectivity index (χ2v) is 6.58. The summed E-state index contributed by atoms with van der Waals surface area (Å²) in [6.07, 6.45) is 0. The molecule has 0 radical (unpaired) electrons. The summed E-state index contributed by atoms with van der Waals surface area (Å²) in [4.78, 5) is 39.9. The Labute approximate surface area is 167 Å². The van der Waals surface area contributed by atoms with Crippen LogP contribution in [0, 0.1) is 0 Å². The Morgan fingerprint density at radius 3 is 2.25 bits per heavy atom. The zero-order chi connectivity index (χ0) is 20.4. The zero-order valence-electron chi connectivity index (χ0n) is 15.5. The van der Waals surface area contributed by atoms with Crippen LogP contribution < -0.4 is 15.0 Å². The van der Waals surface area contributed by atoms with Gasteiger partial charge < -0.3 is 15.0 Å². The van der Waals surface area contributed by atoms with Gasteiger partial charge in [0, 0.05) is 19.7 Å². The number of nitrogens with zero attached hydrogens (tertiary/aromatic N) is 2. The number of carbonyl (C=O) groups is 3. The number of imide groups is 1. The minimum absolute atomic E-state index is 0.129. The molecular formula is C20H18ClN3O4. The van der Waals surface area contributed by atoms with Crippen molar-refractivity contribution in [3.63, 3.8) is 0 Å². The summed E-state index contributed by atoms with van der Waals surface area (Å²) in [5, 5.41) is 2.63. The van der Waals surface area contributed by atoms with Gasteiger partial charge in [0.25, 0.3) is 17.7 Å². The number of benzene rings is 2. The average Bonchev–Trinajstić information content (AvgIpc) is 2.91. The van der Waals surface area contributed by atoms with E-state index in [-0.39, 0.29) is 16.6 Å². The Hall–Kier alpha value is -3.32. The monoisotopic (exact) mass is 399 g/mol. The summed E-state index contributed by atoms with van der Waals surface area (Å²) in [5.74, 6) is -0.911. The summed E-state index contributed by atoms with van der Waals surface area (Å²) in [6.45, 7) is 0. The molecule has 0 aromatic heterocycles. The number of ether oxygens (including phenoxy) is 1. The number of rotatable bonds is 5. The Balaban J connectivity index is 1.80. The molecule has 0 saturated heterocycles. The molecule has 0 spiro atoms. The Bertz CT molecular complexity index is 983. The van der Waals surface area contributed by atoms with Crippen molar-refractivity contribution in [3.8, 4) is 5.75 Å². The number of likely N-dealkylation sites (N-methyl/N-ethyl adjacent to an activating group) is 1. The number of carbonyl (C=O) groups excluding carboxylic acids is 3. The molecular weight excluding hydrogens is 382 g/mol. The molecule has 2 aromatic carbocycles. The van der Waals surface area contributed by atoms with Crippen LogP contribution in [-0.2, 0) is 9.59 Å². The maximum Gasteiger partial charge on any atom is 0.283 e. The highest BCUT2D eigenvalue weighted by Crippen LogP contribution is 2.30. The zero-order valence-corrected chi connectivity index (χ0v) is 16.3. The molecule has 28 heavy (non-hydrogen) atoms. The fourth-order valence-electron chi connectivity index (χ4n) is 2.82. The number of nitrogens with one attached hydrogen (secondary N) is 1. The van der Waals surface area contributed by atoms with Crippen molar-refractivity contribution in [2.45, 2.75) is 0 Å². The smallest absolute Gasteiger partial charge is 0.283 e. The molecule has 2 aromatic rings. The number of hydrogen-bond donors (Lipinski definition) is 1. The molecule has 8 heteroatoms. The van der Waals surface area contributed by atoms with Crippen molar-refractivity contribution in [3.05, 3.63) is 64.8 Å². The average molecular weight is 400 g/mol. The molecule has 3 rings (SSSR count). The van der Waals surface area contributed by atoms with Gasteiger partial charge in [-0.2, -0.15) is 0 Å². The quantitative estimate of drug-likeness (QED) is 0.782. The first-order chi connectivity index (χ1) is 13.3. The van der Waals surface area contributed by atoms with E-state index in [2.05, 4.69) is 5.32 Å². The van der Waals surface area contributed by atoms with Crippen LogP contribution in [0.25, 0.3) is 0 Å². The Morgan fingerprint density at radius 1 is 1.04 bits per heavy atom. The first-order valence-electron chi connectivity index (χ1n) is 8.35. The van der Waals surface area contributed by atoms with Crippen molar-refractivity contribution < 1.29 is 19.1 Å². The maximum atomic E-state index is 12.5. The van der Waals surface area contributed by atoms with Gasteiger partial charge >= 0.3 is 0 Å². The number of methoxy groups -OCH3 is 1. The molecule has 7 nitrogen and oxygen atoms in total. The van der Waals surface area contributed by atoms with E-state index in [1.807, 2.05) is 0 Å². The van der Waals surface area contributed by atoms with Crippen molar-refractivity contribution in [1.82, 2.24) is 4.90 Å². The second kappa shape index (κ2) is 7.74. The summed E-state index contributed by atoms with van der Waals surface area (Å²) in [5.41, 5.74) is 1.36. The SMILES string of the molecule is COc1ccccc1NC(=O)c1ccc(N2C(=O)C(Cl)=C(N(C)C)C2=O)cc1. The van der Waals surface area contributed by atoms with Gasteiger partial charge in [-0.3, -0.25) is 14.4 Å². The lowest BCUT2D eigenvalue weighted by molar-refractivity contribution is -0.120. The van der Waals surface area contributed by atoms with Crippen molar-refractivity contribution in [1.29, 1.82) is 0 Å². The van der Waals surface area contributed by atoms with E-state index in [9.17, 15) is 14.4 Å². The summed E-state index contributed by atoms with van der Waals surface area (Å²) >= 11 is 6.01. The highest BCUT2D eigenvalue weighted by Gasteiger charge is 2.39. The highest BCUT2D eigenvalue weighted by molar-refractivity contribution is 6.52. The normalized spacial score (nSPS) is 13.8. The van der Waals surface area contributed by atoms with Gasteiger partial charge in [-0.25, -0.2) is 4.90 Å². The summed E-state index contributed by atoms with van der Waals surface area (Å²) in [7, 11) is 4.79. The van der Waals surface area contributed by atoms with Crippen molar-refractivity contribution in [2.75, 3.05) is 31.4 Å². The lowest BCUT2D eigenvalue weighted by atomic mass is 10.1. The van der Waals surface area contributed by atoms with E-state index in [4.69, 9.17) is 16.3 Å². The summed E-state index contributed by atoms with van der Waals surface area (Å²) < 4.78 is 5.21. The van der Waals surface area contributed by atoms with Crippen LogP contribution in [0.1, 0.15) is 10.4 Å². The molecule has 1 N–H and O–H groups in total. The lowest BCUT2D eigenvalue weighted by Gasteiger charge is -2.17. The van der Waals surface area contributed by atoms with Crippen LogP contribution in [0.4, 0.5) is 11.4 Å². The first-order valence-corrected chi connectivity index (χ1v) is 8.73. The van der Waals surface area contributed by atoms with Crippen LogP contribution in [0.3, 0.4) is 0 Å². The largest absolute Gasteiger partial charge is 0.495 e. The molecule has 0 unspecified atom stereocenters. The van der Waals surface area contributed by atoms with E-state index in [0.717, 1.165) is 4.90 Å². The standard InChI is InChI=1S/C20H18ClN3O4/c1-23(2)17-16(21)19(26)24(20(17)27)13-10-8-12(9-11-13)18(25)22-14-6-4-5-7-15(14)28-3/h4-11H,1-3H3,(H,22,25). The minimum Gasteiger partial charge on any atom is -0.495 e. The van der Waals surface area contributed by atoms with E-state index in [0.29, 0.717) is 22.7 Å². The number of halogens is 1. The van der Waals surface area contributed by atoms with Crippen LogP contribution in [0.2, 0.25) is 0 Å².